The molecule has 4 heterocycles. The number of β-amino-alcohol motifs (C(OH)–C–C–N with tert-alkyl or cyclic N) is 1. The normalized spacial score (nSPS) is 18.8. The van der Waals surface area contributed by atoms with Crippen LogP contribution < -0.4 is 9.64 Å². The topological polar surface area (TPSA) is 113 Å². The summed E-state index contributed by atoms with van der Waals surface area (Å²) in [5.41, 5.74) is 1.18. The SMILES string of the molecule is CCCCCCCCCCCCCCOc1ccc(S(=O)(=O)c2cnc3ccc([S@+](C)[O-])cc3c2N2CCC(N3CCC(N4CCN(CCO)CC4)CC3)CC2)cc1F. The van der Waals surface area contributed by atoms with Crippen molar-refractivity contribution in [3.05, 3.63) is 48.4 Å². The van der Waals surface area contributed by atoms with E-state index in [0.717, 1.165) is 96.8 Å². The van der Waals surface area contributed by atoms with Crippen LogP contribution in [0.3, 0.4) is 0 Å². The molecular weight excluding hydrogens is 786 g/mol. The Balaban J connectivity index is 1.06. The van der Waals surface area contributed by atoms with Crippen molar-refractivity contribution in [2.75, 3.05) is 83.3 Å². The second-order valence-electron chi connectivity index (χ2n) is 17.0. The van der Waals surface area contributed by atoms with Gasteiger partial charge in [-0.1, -0.05) is 77.6 Å². The van der Waals surface area contributed by atoms with Crippen LogP contribution in [-0.4, -0.2) is 128 Å². The van der Waals surface area contributed by atoms with Crippen molar-refractivity contribution in [2.24, 2.45) is 0 Å². The first-order valence-corrected chi connectivity index (χ1v) is 25.7. The lowest BCUT2D eigenvalue weighted by atomic mass is 9.96. The Hall–Kier alpha value is -2.52. The average molecular weight is 856 g/mol. The van der Waals surface area contributed by atoms with Gasteiger partial charge in [-0.05, 0) is 86.7 Å². The molecule has 10 nitrogen and oxygen atoms in total. The molecule has 0 saturated carbocycles. The van der Waals surface area contributed by atoms with Crippen molar-refractivity contribution in [1.82, 2.24) is 19.7 Å². The van der Waals surface area contributed by atoms with E-state index in [9.17, 15) is 18.1 Å². The van der Waals surface area contributed by atoms with E-state index in [1.54, 1.807) is 24.5 Å². The molecule has 0 bridgehead atoms. The minimum absolute atomic E-state index is 0.0342. The van der Waals surface area contributed by atoms with Crippen molar-refractivity contribution in [2.45, 2.75) is 136 Å². The van der Waals surface area contributed by atoms with Gasteiger partial charge < -0.3 is 24.2 Å². The van der Waals surface area contributed by atoms with Crippen molar-refractivity contribution >= 4 is 37.6 Å². The summed E-state index contributed by atoms with van der Waals surface area (Å²) in [6.07, 6.45) is 21.9. The molecule has 3 aromatic rings. The van der Waals surface area contributed by atoms with Gasteiger partial charge in [0.1, 0.15) is 11.2 Å². The van der Waals surface area contributed by atoms with Crippen molar-refractivity contribution in [3.8, 4) is 5.75 Å². The second kappa shape index (κ2) is 23.1. The highest BCUT2D eigenvalue weighted by Gasteiger charge is 2.34. The molecule has 0 aliphatic carbocycles. The molecule has 328 valence electrons. The van der Waals surface area contributed by atoms with E-state index in [0.29, 0.717) is 53.3 Å². The average Bonchev–Trinajstić information content (AvgIpc) is 3.25. The van der Waals surface area contributed by atoms with Crippen LogP contribution in [0.4, 0.5) is 10.1 Å². The van der Waals surface area contributed by atoms with Gasteiger partial charge in [0, 0.05) is 75.5 Å². The molecule has 3 saturated heterocycles. The van der Waals surface area contributed by atoms with Crippen LogP contribution >= 0.6 is 0 Å². The summed E-state index contributed by atoms with van der Waals surface area (Å²) in [7, 11) is -4.20. The largest absolute Gasteiger partial charge is 0.612 e. The Labute approximate surface area is 357 Å². The summed E-state index contributed by atoms with van der Waals surface area (Å²) in [6, 6.07) is 10.3. The van der Waals surface area contributed by atoms with Crippen LogP contribution in [-0.2, 0) is 21.0 Å². The molecule has 0 unspecified atom stereocenters. The van der Waals surface area contributed by atoms with Gasteiger partial charge in [0.2, 0.25) is 9.84 Å². The van der Waals surface area contributed by atoms with Crippen molar-refractivity contribution < 1.29 is 27.2 Å². The second-order valence-corrected chi connectivity index (χ2v) is 20.3. The van der Waals surface area contributed by atoms with Gasteiger partial charge in [-0.2, -0.15) is 0 Å². The number of likely N-dealkylation sites (tertiary alicyclic amines) is 1. The number of anilines is 1. The lowest BCUT2D eigenvalue weighted by Crippen LogP contribution is -2.55. The number of unbranched alkanes of at least 4 members (excludes halogenated alkanes) is 11. The minimum Gasteiger partial charge on any atom is -0.612 e. The number of aromatic nitrogens is 1. The molecule has 1 N–H and O–H groups in total. The molecule has 3 aliphatic rings. The van der Waals surface area contributed by atoms with Crippen molar-refractivity contribution in [3.63, 3.8) is 0 Å². The van der Waals surface area contributed by atoms with Gasteiger partial charge in [-0.15, -0.1) is 0 Å². The van der Waals surface area contributed by atoms with Crippen molar-refractivity contribution in [1.29, 1.82) is 0 Å². The van der Waals surface area contributed by atoms with Gasteiger partial charge in [0.25, 0.3) is 0 Å². The maximum absolute atomic E-state index is 15.5. The maximum Gasteiger partial charge on any atom is 0.210 e. The van der Waals surface area contributed by atoms with Gasteiger partial charge in [0.05, 0.1) is 29.3 Å². The number of sulfone groups is 1. The number of nitrogens with zero attached hydrogens (tertiary/aromatic N) is 5. The number of aliphatic hydroxyl groups is 1. The smallest absolute Gasteiger partial charge is 0.210 e. The number of ether oxygens (including phenoxy) is 1. The van der Waals surface area contributed by atoms with E-state index in [1.165, 1.54) is 76.1 Å². The van der Waals surface area contributed by atoms with E-state index < -0.39 is 26.8 Å². The minimum atomic E-state index is -4.20. The molecule has 1 atom stereocenters. The number of pyridine rings is 1. The summed E-state index contributed by atoms with van der Waals surface area (Å²) in [5.74, 6) is -0.636. The highest BCUT2D eigenvalue weighted by Crippen LogP contribution is 2.39. The predicted molar refractivity (Wildman–Crippen MR) is 237 cm³/mol. The highest BCUT2D eigenvalue weighted by molar-refractivity contribution is 7.91. The molecule has 0 spiro atoms. The first-order chi connectivity index (χ1) is 28.7. The first kappa shape index (κ1) is 46.0. The predicted octanol–water partition coefficient (Wildman–Crippen LogP) is 8.07. The molecule has 2 aromatic carbocycles. The Morgan fingerprint density at radius 3 is 1.98 bits per heavy atom. The zero-order valence-electron chi connectivity index (χ0n) is 35.8. The fraction of sp³-hybridized carbons (Fsp3) is 0.674. The van der Waals surface area contributed by atoms with Crippen LogP contribution in [0.2, 0.25) is 0 Å². The molecule has 3 fully saturated rings. The number of fused-ring (bicyclic) bond motifs is 1. The monoisotopic (exact) mass is 855 g/mol. The van der Waals surface area contributed by atoms with E-state index in [-0.39, 0.29) is 22.1 Å². The number of hydrogen-bond acceptors (Lipinski definition) is 10. The fourth-order valence-electron chi connectivity index (χ4n) is 9.42. The summed E-state index contributed by atoms with van der Waals surface area (Å²) in [5, 5.41) is 9.95. The molecule has 13 heteroatoms. The van der Waals surface area contributed by atoms with Gasteiger partial charge in [-0.3, -0.25) is 14.8 Å². The maximum atomic E-state index is 15.5. The van der Waals surface area contributed by atoms with E-state index in [4.69, 9.17) is 4.74 Å². The van der Waals surface area contributed by atoms with Crippen LogP contribution in [0, 0.1) is 5.82 Å². The van der Waals surface area contributed by atoms with E-state index in [1.807, 2.05) is 0 Å². The van der Waals surface area contributed by atoms with Crippen LogP contribution in [0.5, 0.6) is 5.75 Å². The Kier molecular flexibility index (Phi) is 18.0. The van der Waals surface area contributed by atoms with Gasteiger partial charge >= 0.3 is 0 Å². The third-order valence-electron chi connectivity index (χ3n) is 13.0. The van der Waals surface area contributed by atoms with E-state index >= 15 is 4.39 Å². The number of rotatable bonds is 22. The summed E-state index contributed by atoms with van der Waals surface area (Å²) in [4.78, 5) is 14.8. The Bertz CT molecular complexity index is 1840. The molecular formula is C46H70FN5O5S2. The zero-order valence-corrected chi connectivity index (χ0v) is 37.4. The Morgan fingerprint density at radius 1 is 0.797 bits per heavy atom. The molecule has 1 aromatic heterocycles. The lowest BCUT2D eigenvalue weighted by Gasteiger charge is -2.46. The number of piperidine rings is 2. The fourth-order valence-corrected chi connectivity index (χ4v) is 11.4. The van der Waals surface area contributed by atoms with Gasteiger partial charge in [0.15, 0.2) is 16.5 Å². The summed E-state index contributed by atoms with van der Waals surface area (Å²) >= 11 is -1.28. The summed E-state index contributed by atoms with van der Waals surface area (Å²) in [6.45, 7) is 11.2. The first-order valence-electron chi connectivity index (χ1n) is 22.7. The number of hydrogen-bond donors (Lipinski definition) is 1. The van der Waals surface area contributed by atoms with Crippen LogP contribution in [0.25, 0.3) is 10.9 Å². The molecule has 59 heavy (non-hydrogen) atoms. The number of aliphatic hydroxyl groups excluding tert-OH is 1. The molecule has 3 aliphatic heterocycles. The molecule has 0 radical (unpaired) electrons. The summed E-state index contributed by atoms with van der Waals surface area (Å²) < 4.78 is 62.9. The number of piperazine rings is 1. The third-order valence-corrected chi connectivity index (χ3v) is 15.7. The van der Waals surface area contributed by atoms with Crippen LogP contribution in [0.1, 0.15) is 110 Å². The quantitative estimate of drug-likeness (QED) is 0.0787. The highest BCUT2D eigenvalue weighted by atomic mass is 32.2. The Morgan fingerprint density at radius 2 is 1.39 bits per heavy atom. The lowest BCUT2D eigenvalue weighted by molar-refractivity contribution is 0.0396. The number of benzene rings is 2. The van der Waals surface area contributed by atoms with Crippen LogP contribution in [0.15, 0.2) is 57.3 Å². The molecule has 6 rings (SSSR count). The molecule has 0 amide bonds. The number of halogens is 1. The standard InChI is InChI=1S/C46H70FN5O5S2/c1-3-4-5-6-7-8-9-10-11-12-13-14-33-57-44-18-16-40(35-42(44)47)59(55,56)45-36-48-43-17-15-39(58(2)54)34-41(43)46(45)52-25-21-37(22-26-52)50-23-19-38(20-24-50)51-29-27-49(28-30-51)31-32-53/h15-18,34-38,53H,3-14,19-33H2,1-2H3/t58-/m0/s1. The van der Waals surface area contributed by atoms with E-state index in [2.05, 4.69) is 31.5 Å². The van der Waals surface area contributed by atoms with Gasteiger partial charge in [-0.25, -0.2) is 12.8 Å². The third kappa shape index (κ3) is 12.5. The zero-order chi connectivity index (χ0) is 41.6.